The summed E-state index contributed by atoms with van der Waals surface area (Å²) in [7, 11) is 0. The summed E-state index contributed by atoms with van der Waals surface area (Å²) in [6.07, 6.45) is 2.25. The molecule has 0 atom stereocenters. The van der Waals surface area contributed by atoms with Gasteiger partial charge in [-0.05, 0) is 36.5 Å². The number of hydrogen-bond acceptors (Lipinski definition) is 5. The van der Waals surface area contributed by atoms with Gasteiger partial charge >= 0.3 is 12.0 Å². The van der Waals surface area contributed by atoms with E-state index in [-0.39, 0.29) is 13.1 Å². The summed E-state index contributed by atoms with van der Waals surface area (Å²) in [5.41, 5.74) is -1.23. The van der Waals surface area contributed by atoms with Crippen molar-refractivity contribution < 1.29 is 23.9 Å². The Labute approximate surface area is 137 Å². The minimum atomic E-state index is -1.23. The molecule has 1 saturated heterocycles. The molecule has 0 bridgehead atoms. The Morgan fingerprint density at radius 2 is 2.00 bits per heavy atom. The number of carbonyl (C=O) groups is 3. The van der Waals surface area contributed by atoms with Crippen molar-refractivity contribution in [2.75, 3.05) is 18.1 Å². The van der Waals surface area contributed by atoms with Crippen LogP contribution in [0.5, 0.6) is 0 Å². The zero-order chi connectivity index (χ0) is 16.7. The fourth-order valence-corrected chi connectivity index (χ4v) is 3.42. The third-order valence-electron chi connectivity index (χ3n) is 3.55. The summed E-state index contributed by atoms with van der Waals surface area (Å²) < 4.78 is 5.06. The number of carboxylic acids is 1. The van der Waals surface area contributed by atoms with Gasteiger partial charge < -0.3 is 25.5 Å². The molecule has 1 aliphatic rings. The number of furan rings is 1. The molecule has 8 nitrogen and oxygen atoms in total. The molecule has 0 aliphatic carbocycles. The van der Waals surface area contributed by atoms with Gasteiger partial charge in [0.05, 0.1) is 19.4 Å². The number of amides is 3. The van der Waals surface area contributed by atoms with Gasteiger partial charge in [-0.15, -0.1) is 0 Å². The Kier molecular flexibility index (Phi) is 5.91. The van der Waals surface area contributed by atoms with Gasteiger partial charge in [0, 0.05) is 0 Å². The van der Waals surface area contributed by atoms with Crippen molar-refractivity contribution in [2.45, 2.75) is 24.9 Å². The monoisotopic (exact) mass is 341 g/mol. The van der Waals surface area contributed by atoms with E-state index >= 15 is 0 Å². The zero-order valence-electron chi connectivity index (χ0n) is 12.5. The highest BCUT2D eigenvalue weighted by Gasteiger charge is 2.41. The topological polar surface area (TPSA) is 121 Å². The van der Waals surface area contributed by atoms with Crippen molar-refractivity contribution in [1.29, 1.82) is 0 Å². The van der Waals surface area contributed by atoms with Crippen molar-refractivity contribution in [3.05, 3.63) is 24.2 Å². The number of carboxylic acid groups (broad SMARTS) is 1. The lowest BCUT2D eigenvalue weighted by molar-refractivity contribution is -0.147. The Morgan fingerprint density at radius 3 is 2.61 bits per heavy atom. The Bertz CT molecular complexity index is 555. The Balaban J connectivity index is 1.75. The number of urea groups is 1. The summed E-state index contributed by atoms with van der Waals surface area (Å²) >= 11 is 1.66. The van der Waals surface area contributed by atoms with Crippen LogP contribution in [-0.4, -0.2) is 46.6 Å². The maximum atomic E-state index is 11.9. The van der Waals surface area contributed by atoms with Gasteiger partial charge in [-0.1, -0.05) is 0 Å². The molecular formula is C14H19N3O5S. The molecule has 1 aromatic rings. The first-order valence-electron chi connectivity index (χ1n) is 7.18. The van der Waals surface area contributed by atoms with E-state index in [1.807, 2.05) is 0 Å². The summed E-state index contributed by atoms with van der Waals surface area (Å²) in [6.45, 7) is -0.0805. The first-order chi connectivity index (χ1) is 11.0. The van der Waals surface area contributed by atoms with Crippen LogP contribution in [0.3, 0.4) is 0 Å². The predicted octanol–water partition coefficient (Wildman–Crippen LogP) is 0.545. The molecule has 2 heterocycles. The van der Waals surface area contributed by atoms with E-state index in [1.54, 1.807) is 23.9 Å². The van der Waals surface area contributed by atoms with Crippen LogP contribution in [0.15, 0.2) is 22.8 Å². The molecule has 2 rings (SSSR count). The lowest BCUT2D eigenvalue weighted by Gasteiger charge is -2.33. The minimum Gasteiger partial charge on any atom is -0.480 e. The maximum Gasteiger partial charge on any atom is 0.329 e. The molecule has 1 aromatic heterocycles. The molecule has 126 valence electrons. The van der Waals surface area contributed by atoms with Crippen molar-refractivity contribution in [3.63, 3.8) is 0 Å². The summed E-state index contributed by atoms with van der Waals surface area (Å²) in [6, 6.07) is 2.89. The molecule has 0 radical (unpaired) electrons. The van der Waals surface area contributed by atoms with Gasteiger partial charge in [0.25, 0.3) is 0 Å². The SMILES string of the molecule is O=C(CNC(=O)NCc1ccco1)NC1(C(=O)O)CCSCC1. The number of carbonyl (C=O) groups excluding carboxylic acids is 2. The molecular weight excluding hydrogens is 322 g/mol. The highest BCUT2D eigenvalue weighted by Crippen LogP contribution is 2.27. The van der Waals surface area contributed by atoms with Crippen LogP contribution >= 0.6 is 11.8 Å². The molecule has 0 unspecified atom stereocenters. The molecule has 0 spiro atoms. The number of thioether (sulfide) groups is 1. The first-order valence-corrected chi connectivity index (χ1v) is 8.33. The van der Waals surface area contributed by atoms with Gasteiger partial charge in [-0.2, -0.15) is 11.8 Å². The average molecular weight is 341 g/mol. The molecule has 4 N–H and O–H groups in total. The molecule has 0 saturated carbocycles. The van der Waals surface area contributed by atoms with Crippen molar-refractivity contribution in [2.24, 2.45) is 0 Å². The second-order valence-electron chi connectivity index (χ2n) is 5.16. The van der Waals surface area contributed by atoms with E-state index in [2.05, 4.69) is 16.0 Å². The fourth-order valence-electron chi connectivity index (χ4n) is 2.23. The van der Waals surface area contributed by atoms with Crippen molar-refractivity contribution in [3.8, 4) is 0 Å². The second-order valence-corrected chi connectivity index (χ2v) is 6.39. The standard InChI is InChI=1S/C14H19N3O5S/c18-11(17-14(12(19)20)3-6-23-7-4-14)9-16-13(21)15-8-10-2-1-5-22-10/h1-2,5H,3-4,6-9H2,(H,17,18)(H,19,20)(H2,15,16,21). The lowest BCUT2D eigenvalue weighted by Crippen LogP contribution is -2.58. The van der Waals surface area contributed by atoms with E-state index < -0.39 is 23.4 Å². The maximum absolute atomic E-state index is 11.9. The fraction of sp³-hybridized carbons (Fsp3) is 0.500. The molecule has 23 heavy (non-hydrogen) atoms. The third-order valence-corrected chi connectivity index (χ3v) is 4.53. The quantitative estimate of drug-likeness (QED) is 0.599. The van der Waals surface area contributed by atoms with Crippen LogP contribution < -0.4 is 16.0 Å². The third kappa shape index (κ3) is 4.92. The largest absolute Gasteiger partial charge is 0.480 e. The number of rotatable bonds is 6. The van der Waals surface area contributed by atoms with Gasteiger partial charge in [-0.25, -0.2) is 9.59 Å². The minimum absolute atomic E-state index is 0.205. The Hall–Kier alpha value is -2.16. The second kappa shape index (κ2) is 7.91. The molecule has 1 aliphatic heterocycles. The highest BCUT2D eigenvalue weighted by molar-refractivity contribution is 7.99. The Morgan fingerprint density at radius 1 is 1.26 bits per heavy atom. The van der Waals surface area contributed by atoms with Crippen molar-refractivity contribution >= 4 is 29.7 Å². The van der Waals surface area contributed by atoms with Gasteiger partial charge in [0.15, 0.2) is 0 Å². The predicted molar refractivity (Wildman–Crippen MR) is 84.0 cm³/mol. The van der Waals surface area contributed by atoms with E-state index in [9.17, 15) is 19.5 Å². The van der Waals surface area contributed by atoms with Crippen molar-refractivity contribution in [1.82, 2.24) is 16.0 Å². The van der Waals surface area contributed by atoms with Crippen LogP contribution in [0.25, 0.3) is 0 Å². The number of nitrogens with one attached hydrogen (secondary N) is 3. The van der Waals surface area contributed by atoms with Gasteiger partial charge in [0.2, 0.25) is 5.91 Å². The number of aliphatic carboxylic acids is 1. The van der Waals surface area contributed by atoms with E-state index in [1.165, 1.54) is 6.26 Å². The van der Waals surface area contributed by atoms with Crippen LogP contribution in [0, 0.1) is 0 Å². The van der Waals surface area contributed by atoms with E-state index in [0.29, 0.717) is 30.1 Å². The van der Waals surface area contributed by atoms with Gasteiger partial charge in [0.1, 0.15) is 11.3 Å². The number of hydrogen-bond donors (Lipinski definition) is 4. The van der Waals surface area contributed by atoms with Crippen LogP contribution in [0.4, 0.5) is 4.79 Å². The molecule has 3 amide bonds. The van der Waals surface area contributed by atoms with Crippen LogP contribution in [0.2, 0.25) is 0 Å². The summed E-state index contributed by atoms with van der Waals surface area (Å²) in [5, 5.41) is 16.8. The summed E-state index contributed by atoms with van der Waals surface area (Å²) in [5.74, 6) is 0.405. The first kappa shape index (κ1) is 17.2. The van der Waals surface area contributed by atoms with E-state index in [4.69, 9.17) is 4.42 Å². The lowest BCUT2D eigenvalue weighted by atomic mass is 9.92. The average Bonchev–Trinajstić information content (AvgIpc) is 3.05. The van der Waals surface area contributed by atoms with Crippen LogP contribution in [-0.2, 0) is 16.1 Å². The van der Waals surface area contributed by atoms with Crippen LogP contribution in [0.1, 0.15) is 18.6 Å². The molecule has 9 heteroatoms. The van der Waals surface area contributed by atoms with E-state index in [0.717, 1.165) is 0 Å². The normalized spacial score (nSPS) is 16.3. The summed E-state index contributed by atoms with van der Waals surface area (Å²) in [4.78, 5) is 35.0. The smallest absolute Gasteiger partial charge is 0.329 e. The highest BCUT2D eigenvalue weighted by atomic mass is 32.2. The molecule has 1 fully saturated rings. The molecule has 0 aromatic carbocycles. The van der Waals surface area contributed by atoms with Gasteiger partial charge in [-0.3, -0.25) is 4.79 Å². The zero-order valence-corrected chi connectivity index (χ0v) is 13.3.